The van der Waals surface area contributed by atoms with Crippen molar-refractivity contribution in [3.05, 3.63) is 94.9 Å². The lowest BCUT2D eigenvalue weighted by Crippen LogP contribution is -2.30. The average Bonchev–Trinajstić information content (AvgIpc) is 3.01. The van der Waals surface area contributed by atoms with Crippen LogP contribution in [0, 0.1) is 0 Å². The van der Waals surface area contributed by atoms with Crippen molar-refractivity contribution in [2.24, 2.45) is 0 Å². The number of ether oxygens (including phenoxy) is 2. The SMILES string of the molecule is C=CCCCn1c(=O)c(NC(=O)Nc2c(C(C)C)cccc2C(C)C)c(-c2cccc(OCCOC(C)=O)c2)c2cccnc21. The lowest BCUT2D eigenvalue weighted by molar-refractivity contribution is -0.141. The Morgan fingerprint density at radius 3 is 2.31 bits per heavy atom. The minimum absolute atomic E-state index is 0.107. The molecule has 45 heavy (non-hydrogen) atoms. The number of hydrogen-bond donors (Lipinski definition) is 2. The minimum atomic E-state index is -0.516. The van der Waals surface area contributed by atoms with Crippen molar-refractivity contribution in [1.82, 2.24) is 9.55 Å². The van der Waals surface area contributed by atoms with Crippen molar-refractivity contribution in [3.8, 4) is 16.9 Å². The van der Waals surface area contributed by atoms with Crippen LogP contribution >= 0.6 is 0 Å². The third-order valence-electron chi connectivity index (χ3n) is 7.44. The Morgan fingerprint density at radius 1 is 0.956 bits per heavy atom. The van der Waals surface area contributed by atoms with Crippen LogP contribution in [0.4, 0.5) is 16.2 Å². The number of amides is 2. The van der Waals surface area contributed by atoms with Crippen LogP contribution in [0.15, 0.2) is 78.2 Å². The van der Waals surface area contributed by atoms with Crippen LogP contribution in [0.25, 0.3) is 22.2 Å². The minimum Gasteiger partial charge on any atom is -0.490 e. The smallest absolute Gasteiger partial charge is 0.323 e. The highest BCUT2D eigenvalue weighted by molar-refractivity contribution is 6.07. The van der Waals surface area contributed by atoms with Crippen LogP contribution in [0.3, 0.4) is 0 Å². The molecule has 0 radical (unpaired) electrons. The Kier molecular flexibility index (Phi) is 11.1. The van der Waals surface area contributed by atoms with Crippen LogP contribution in [-0.2, 0) is 16.1 Å². The number of pyridine rings is 2. The van der Waals surface area contributed by atoms with E-state index in [1.54, 1.807) is 22.9 Å². The summed E-state index contributed by atoms with van der Waals surface area (Å²) in [6, 6.07) is 16.5. The van der Waals surface area contributed by atoms with Crippen molar-refractivity contribution in [2.45, 2.75) is 65.8 Å². The highest BCUT2D eigenvalue weighted by atomic mass is 16.6. The quantitative estimate of drug-likeness (QED) is 0.0906. The molecule has 2 amide bonds. The van der Waals surface area contributed by atoms with Crippen LogP contribution in [0.5, 0.6) is 5.75 Å². The number of esters is 1. The van der Waals surface area contributed by atoms with Crippen molar-refractivity contribution in [1.29, 1.82) is 0 Å². The molecule has 2 aromatic heterocycles. The van der Waals surface area contributed by atoms with E-state index in [9.17, 15) is 14.4 Å². The first-order chi connectivity index (χ1) is 21.6. The fraction of sp³-hybridized carbons (Fsp3) is 0.333. The van der Waals surface area contributed by atoms with Crippen LogP contribution in [0.2, 0.25) is 0 Å². The number of aryl methyl sites for hydroxylation is 1. The van der Waals surface area contributed by atoms with Gasteiger partial charge in [0.25, 0.3) is 5.56 Å². The number of para-hydroxylation sites is 1. The lowest BCUT2D eigenvalue weighted by atomic mass is 9.93. The summed E-state index contributed by atoms with van der Waals surface area (Å²) in [5.74, 6) is 0.485. The number of allylic oxidation sites excluding steroid dienone is 1. The molecule has 2 heterocycles. The third kappa shape index (κ3) is 7.98. The fourth-order valence-electron chi connectivity index (χ4n) is 5.34. The van der Waals surface area contributed by atoms with Crippen molar-refractivity contribution in [2.75, 3.05) is 23.8 Å². The Labute approximate surface area is 264 Å². The van der Waals surface area contributed by atoms with Gasteiger partial charge in [-0.15, -0.1) is 6.58 Å². The number of rotatable bonds is 13. The topological polar surface area (TPSA) is 112 Å². The molecule has 0 bridgehead atoms. The normalized spacial score (nSPS) is 11.1. The number of nitrogens with one attached hydrogen (secondary N) is 2. The molecule has 0 aliphatic heterocycles. The maximum Gasteiger partial charge on any atom is 0.323 e. The zero-order valence-electron chi connectivity index (χ0n) is 26.7. The number of unbranched alkanes of at least 4 members (excludes halogenated alkanes) is 1. The standard InChI is InChI=1S/C36H42N4O5/c1-7-8-9-19-40-34-30(17-12-18-37-34)31(26-13-10-14-27(22-26)45-21-20-44-25(6)41)33(35(40)42)39-36(43)38-32-28(23(2)3)15-11-16-29(32)24(4)5/h7,10-18,22-24H,1,8-9,19-21H2,2-6H3,(H2,38,39,43). The molecule has 2 N–H and O–H groups in total. The van der Waals surface area contributed by atoms with Crippen LogP contribution < -0.4 is 20.9 Å². The first-order valence-corrected chi connectivity index (χ1v) is 15.3. The van der Waals surface area contributed by atoms with Gasteiger partial charge in [-0.3, -0.25) is 14.2 Å². The predicted molar refractivity (Wildman–Crippen MR) is 180 cm³/mol. The number of fused-ring (bicyclic) bond motifs is 1. The number of carbonyl (C=O) groups excluding carboxylic acids is 2. The summed E-state index contributed by atoms with van der Waals surface area (Å²) < 4.78 is 12.4. The average molecular weight is 611 g/mol. The Hall–Kier alpha value is -4.92. The predicted octanol–water partition coefficient (Wildman–Crippen LogP) is 7.86. The molecule has 0 fully saturated rings. The molecule has 0 saturated carbocycles. The summed E-state index contributed by atoms with van der Waals surface area (Å²) >= 11 is 0. The summed E-state index contributed by atoms with van der Waals surface area (Å²) in [6.07, 6.45) is 4.88. The van der Waals surface area contributed by atoms with E-state index < -0.39 is 6.03 Å². The third-order valence-corrected chi connectivity index (χ3v) is 7.44. The fourth-order valence-corrected chi connectivity index (χ4v) is 5.34. The lowest BCUT2D eigenvalue weighted by Gasteiger charge is -2.22. The first-order valence-electron chi connectivity index (χ1n) is 15.3. The molecule has 0 spiro atoms. The number of benzene rings is 2. The molecule has 0 aliphatic rings. The Morgan fingerprint density at radius 2 is 1.64 bits per heavy atom. The number of nitrogens with zero attached hydrogens (tertiary/aromatic N) is 2. The molecular weight excluding hydrogens is 568 g/mol. The maximum atomic E-state index is 14.2. The highest BCUT2D eigenvalue weighted by Crippen LogP contribution is 2.36. The van der Waals surface area contributed by atoms with Crippen molar-refractivity contribution in [3.63, 3.8) is 0 Å². The van der Waals surface area contributed by atoms with Gasteiger partial charge >= 0.3 is 12.0 Å². The van der Waals surface area contributed by atoms with E-state index in [-0.39, 0.29) is 42.3 Å². The van der Waals surface area contributed by atoms with Crippen LogP contribution in [0.1, 0.15) is 70.4 Å². The summed E-state index contributed by atoms with van der Waals surface area (Å²) in [5, 5.41) is 6.72. The first kappa shape index (κ1) is 33.0. The number of aromatic nitrogens is 2. The van der Waals surface area contributed by atoms with Gasteiger partial charge in [0.1, 0.15) is 30.3 Å². The van der Waals surface area contributed by atoms with Gasteiger partial charge < -0.3 is 20.1 Å². The molecule has 236 valence electrons. The van der Waals surface area contributed by atoms with Gasteiger partial charge in [0.15, 0.2) is 0 Å². The van der Waals surface area contributed by atoms with Crippen molar-refractivity contribution < 1.29 is 19.1 Å². The zero-order valence-corrected chi connectivity index (χ0v) is 26.7. The van der Waals surface area contributed by atoms with Gasteiger partial charge in [0, 0.05) is 36.3 Å². The van der Waals surface area contributed by atoms with Crippen molar-refractivity contribution >= 4 is 34.4 Å². The highest BCUT2D eigenvalue weighted by Gasteiger charge is 2.23. The van der Waals surface area contributed by atoms with Gasteiger partial charge in [0.05, 0.1) is 0 Å². The molecule has 0 saturated heterocycles. The molecule has 4 aromatic rings. The second-order valence-corrected chi connectivity index (χ2v) is 11.4. The van der Waals surface area contributed by atoms with E-state index in [0.29, 0.717) is 40.9 Å². The maximum absolute atomic E-state index is 14.2. The second kappa shape index (κ2) is 15.2. The van der Waals surface area contributed by atoms with Gasteiger partial charge in [0.2, 0.25) is 0 Å². The number of anilines is 2. The monoisotopic (exact) mass is 610 g/mol. The Bertz CT molecular complexity index is 1720. The van der Waals surface area contributed by atoms with E-state index >= 15 is 0 Å². The summed E-state index contributed by atoms with van der Waals surface area (Å²) in [7, 11) is 0. The second-order valence-electron chi connectivity index (χ2n) is 11.4. The molecule has 2 aromatic carbocycles. The summed E-state index contributed by atoms with van der Waals surface area (Å²) in [6.45, 7) is 14.2. The molecular formula is C36H42N4O5. The van der Waals surface area contributed by atoms with Crippen LogP contribution in [-0.4, -0.2) is 34.8 Å². The van der Waals surface area contributed by atoms with E-state index in [4.69, 9.17) is 9.47 Å². The Balaban J connectivity index is 1.83. The molecule has 4 rings (SSSR count). The van der Waals surface area contributed by atoms with Gasteiger partial charge in [-0.2, -0.15) is 0 Å². The number of carbonyl (C=O) groups is 2. The van der Waals surface area contributed by atoms with E-state index in [2.05, 4.69) is 49.9 Å². The molecule has 0 aliphatic carbocycles. The molecule has 9 heteroatoms. The summed E-state index contributed by atoms with van der Waals surface area (Å²) in [5.41, 5.74) is 4.26. The summed E-state index contributed by atoms with van der Waals surface area (Å²) in [4.78, 5) is 43.8. The number of hydrogen-bond acceptors (Lipinski definition) is 6. The zero-order chi connectivity index (χ0) is 32.5. The van der Waals surface area contributed by atoms with Gasteiger partial charge in [-0.05, 0) is 65.6 Å². The largest absolute Gasteiger partial charge is 0.490 e. The van der Waals surface area contributed by atoms with Gasteiger partial charge in [-0.25, -0.2) is 9.78 Å². The molecule has 0 unspecified atom stereocenters. The van der Waals surface area contributed by atoms with E-state index in [0.717, 1.165) is 23.2 Å². The van der Waals surface area contributed by atoms with E-state index in [1.165, 1.54) is 6.92 Å². The molecule has 0 atom stereocenters. The molecule has 9 nitrogen and oxygen atoms in total. The van der Waals surface area contributed by atoms with E-state index in [1.807, 2.05) is 48.5 Å². The van der Waals surface area contributed by atoms with Gasteiger partial charge in [-0.1, -0.05) is 64.1 Å². The number of urea groups is 1.